The molecule has 10 heavy (non-hydrogen) atoms. The molecule has 0 saturated carbocycles. The highest BCUT2D eigenvalue weighted by molar-refractivity contribution is 5.73. The van der Waals surface area contributed by atoms with Crippen molar-refractivity contribution in [2.75, 3.05) is 7.05 Å². The largest absolute Gasteiger partial charge is 0.373 e. The molecule has 0 rings (SSSR count). The van der Waals surface area contributed by atoms with Gasteiger partial charge in [-0.2, -0.15) is 0 Å². The van der Waals surface area contributed by atoms with Crippen LogP contribution in [-0.4, -0.2) is 24.4 Å². The molecule has 0 radical (unpaired) electrons. The van der Waals surface area contributed by atoms with Gasteiger partial charge in [-0.05, 0) is 5.92 Å². The molecule has 0 fully saturated rings. The van der Waals surface area contributed by atoms with Gasteiger partial charge in [0.15, 0.2) is 0 Å². The monoisotopic (exact) mass is 146 g/mol. The van der Waals surface area contributed by atoms with E-state index in [0.29, 0.717) is 0 Å². The van der Waals surface area contributed by atoms with Gasteiger partial charge in [0, 0.05) is 7.05 Å². The van der Waals surface area contributed by atoms with Crippen molar-refractivity contribution in [3.63, 3.8) is 0 Å². The molecule has 1 unspecified atom stereocenters. The smallest absolute Gasteiger partial charge is 0.316 e. The molecule has 1 atom stereocenters. The maximum absolute atomic E-state index is 10.5. The lowest BCUT2D eigenvalue weighted by molar-refractivity contribution is 0.0987. The number of hydrogen-bond acceptors (Lipinski definition) is 2. The van der Waals surface area contributed by atoms with Gasteiger partial charge in [-0.25, -0.2) is 4.79 Å². The van der Waals surface area contributed by atoms with Gasteiger partial charge in [-0.1, -0.05) is 13.8 Å². The fourth-order valence-electron chi connectivity index (χ4n) is 0.373. The van der Waals surface area contributed by atoms with Crippen molar-refractivity contribution in [1.82, 2.24) is 10.6 Å². The van der Waals surface area contributed by atoms with Crippen LogP contribution in [0.25, 0.3) is 0 Å². The Bertz CT molecular complexity index is 114. The predicted molar refractivity (Wildman–Crippen MR) is 38.4 cm³/mol. The molecule has 0 aromatic carbocycles. The summed E-state index contributed by atoms with van der Waals surface area (Å²) in [6.45, 7) is 3.64. The van der Waals surface area contributed by atoms with E-state index in [1.165, 1.54) is 7.05 Å². The first-order valence-electron chi connectivity index (χ1n) is 3.24. The van der Waals surface area contributed by atoms with Gasteiger partial charge in [0.25, 0.3) is 0 Å². The standard InChI is InChI=1S/C6H14N2O2/c1-4(2)5(9)8-6(10)7-3/h4-5,9H,1-3H3,(H2,7,8,10). The molecule has 0 aromatic heterocycles. The third-order valence-corrected chi connectivity index (χ3v) is 1.14. The van der Waals surface area contributed by atoms with Crippen molar-refractivity contribution in [3.8, 4) is 0 Å². The van der Waals surface area contributed by atoms with E-state index >= 15 is 0 Å². The van der Waals surface area contributed by atoms with Gasteiger partial charge in [0.2, 0.25) is 0 Å². The number of amides is 2. The van der Waals surface area contributed by atoms with E-state index in [4.69, 9.17) is 5.11 Å². The molecule has 0 aliphatic heterocycles. The summed E-state index contributed by atoms with van der Waals surface area (Å²) in [7, 11) is 1.50. The Balaban J connectivity index is 3.57. The molecule has 0 saturated heterocycles. The summed E-state index contributed by atoms with van der Waals surface area (Å²) >= 11 is 0. The number of carbonyl (C=O) groups is 1. The lowest BCUT2D eigenvalue weighted by atomic mass is 10.2. The van der Waals surface area contributed by atoms with Crippen molar-refractivity contribution in [2.24, 2.45) is 5.92 Å². The Morgan fingerprint density at radius 1 is 1.50 bits per heavy atom. The fourth-order valence-corrected chi connectivity index (χ4v) is 0.373. The SMILES string of the molecule is CNC(=O)NC(O)C(C)C. The number of aliphatic hydroxyl groups is 1. The molecule has 0 aliphatic rings. The van der Waals surface area contributed by atoms with E-state index in [0.717, 1.165) is 0 Å². The summed E-state index contributed by atoms with van der Waals surface area (Å²) < 4.78 is 0. The van der Waals surface area contributed by atoms with Crippen LogP contribution in [0.15, 0.2) is 0 Å². The van der Waals surface area contributed by atoms with E-state index in [9.17, 15) is 4.79 Å². The molecule has 0 aromatic rings. The second-order valence-corrected chi connectivity index (χ2v) is 2.41. The summed E-state index contributed by atoms with van der Waals surface area (Å²) in [6.07, 6.45) is -0.764. The highest BCUT2D eigenvalue weighted by Crippen LogP contribution is 1.95. The van der Waals surface area contributed by atoms with E-state index in [1.807, 2.05) is 13.8 Å². The van der Waals surface area contributed by atoms with Gasteiger partial charge in [0.1, 0.15) is 6.23 Å². The van der Waals surface area contributed by atoms with Crippen LogP contribution in [0.1, 0.15) is 13.8 Å². The molecule has 4 heteroatoms. The first-order valence-corrected chi connectivity index (χ1v) is 3.24. The van der Waals surface area contributed by atoms with Crippen LogP contribution < -0.4 is 10.6 Å². The molecule has 60 valence electrons. The van der Waals surface area contributed by atoms with Crippen molar-refractivity contribution in [2.45, 2.75) is 20.1 Å². The zero-order valence-corrected chi connectivity index (χ0v) is 6.51. The van der Waals surface area contributed by atoms with E-state index < -0.39 is 6.23 Å². The average molecular weight is 146 g/mol. The molecule has 0 aliphatic carbocycles. The van der Waals surface area contributed by atoms with Crippen LogP contribution in [0.2, 0.25) is 0 Å². The Hall–Kier alpha value is -0.770. The first kappa shape index (κ1) is 9.23. The number of rotatable bonds is 2. The van der Waals surface area contributed by atoms with Crippen LogP contribution >= 0.6 is 0 Å². The van der Waals surface area contributed by atoms with Crippen LogP contribution in [0.3, 0.4) is 0 Å². The number of aliphatic hydroxyl groups excluding tert-OH is 1. The summed E-state index contributed by atoms with van der Waals surface area (Å²) in [6, 6.07) is -0.360. The van der Waals surface area contributed by atoms with Crippen molar-refractivity contribution >= 4 is 6.03 Å². The molecule has 0 bridgehead atoms. The maximum atomic E-state index is 10.5. The zero-order valence-electron chi connectivity index (χ0n) is 6.51. The molecule has 4 nitrogen and oxygen atoms in total. The molecule has 2 amide bonds. The van der Waals surface area contributed by atoms with Crippen molar-refractivity contribution in [1.29, 1.82) is 0 Å². The van der Waals surface area contributed by atoms with Gasteiger partial charge < -0.3 is 15.7 Å². The number of hydrogen-bond donors (Lipinski definition) is 3. The lowest BCUT2D eigenvalue weighted by Gasteiger charge is -2.15. The normalized spacial score (nSPS) is 12.9. The molecular weight excluding hydrogens is 132 g/mol. The van der Waals surface area contributed by atoms with Gasteiger partial charge in [-0.15, -0.1) is 0 Å². The summed E-state index contributed by atoms with van der Waals surface area (Å²) in [5, 5.41) is 13.7. The third-order valence-electron chi connectivity index (χ3n) is 1.14. The molecule has 3 N–H and O–H groups in total. The van der Waals surface area contributed by atoms with Crippen LogP contribution in [0.4, 0.5) is 4.79 Å². The topological polar surface area (TPSA) is 61.4 Å². The minimum atomic E-state index is -0.764. The average Bonchev–Trinajstić information content (AvgIpc) is 1.87. The predicted octanol–water partition coefficient (Wildman–Crippen LogP) is -0.110. The Morgan fingerprint density at radius 3 is 2.30 bits per heavy atom. The summed E-state index contributed by atoms with van der Waals surface area (Å²) in [4.78, 5) is 10.5. The van der Waals surface area contributed by atoms with Gasteiger partial charge in [0.05, 0.1) is 0 Å². The minimum Gasteiger partial charge on any atom is -0.373 e. The van der Waals surface area contributed by atoms with Crippen LogP contribution in [-0.2, 0) is 0 Å². The van der Waals surface area contributed by atoms with Crippen LogP contribution in [0.5, 0.6) is 0 Å². The molecular formula is C6H14N2O2. The third kappa shape index (κ3) is 3.29. The van der Waals surface area contributed by atoms with E-state index in [2.05, 4.69) is 10.6 Å². The number of urea groups is 1. The Kier molecular flexibility index (Phi) is 3.79. The van der Waals surface area contributed by atoms with Crippen molar-refractivity contribution < 1.29 is 9.90 Å². The van der Waals surface area contributed by atoms with Crippen molar-refractivity contribution in [3.05, 3.63) is 0 Å². The minimum absolute atomic E-state index is 0.0392. The molecule has 0 spiro atoms. The van der Waals surface area contributed by atoms with Gasteiger partial charge >= 0.3 is 6.03 Å². The van der Waals surface area contributed by atoms with Gasteiger partial charge in [-0.3, -0.25) is 0 Å². The van der Waals surface area contributed by atoms with E-state index in [-0.39, 0.29) is 11.9 Å². The summed E-state index contributed by atoms with van der Waals surface area (Å²) in [5.74, 6) is 0.0392. The zero-order chi connectivity index (χ0) is 8.15. The Morgan fingerprint density at radius 2 is 2.00 bits per heavy atom. The maximum Gasteiger partial charge on any atom is 0.316 e. The first-order chi connectivity index (χ1) is 4.57. The highest BCUT2D eigenvalue weighted by atomic mass is 16.3. The summed E-state index contributed by atoms with van der Waals surface area (Å²) in [5.41, 5.74) is 0. The quantitative estimate of drug-likeness (QED) is 0.476. The fraction of sp³-hybridized carbons (Fsp3) is 0.833. The van der Waals surface area contributed by atoms with E-state index in [1.54, 1.807) is 0 Å². The van der Waals surface area contributed by atoms with Crippen LogP contribution in [0, 0.1) is 5.92 Å². The lowest BCUT2D eigenvalue weighted by Crippen LogP contribution is -2.42. The Labute approximate surface area is 60.6 Å². The second kappa shape index (κ2) is 4.11. The second-order valence-electron chi connectivity index (χ2n) is 2.41. The highest BCUT2D eigenvalue weighted by Gasteiger charge is 2.09. The number of carbonyl (C=O) groups excluding carboxylic acids is 1. The molecule has 0 heterocycles. The number of nitrogens with one attached hydrogen (secondary N) is 2.